The zero-order chi connectivity index (χ0) is 18.0. The SMILES string of the molecule is O=C1NC(NC23CC4CC(CC(C4)C2)C3)=N/C1=C\c1ccc2scnc2c1. The van der Waals surface area contributed by atoms with Crippen molar-refractivity contribution in [3.8, 4) is 0 Å². The molecule has 4 fully saturated rings. The molecule has 0 radical (unpaired) electrons. The number of carbonyl (C=O) groups is 1. The highest BCUT2D eigenvalue weighted by Gasteiger charge is 2.51. The number of nitrogens with zero attached hydrogens (tertiary/aromatic N) is 2. The molecule has 0 unspecified atom stereocenters. The molecule has 0 spiro atoms. The van der Waals surface area contributed by atoms with Crippen LogP contribution in [0.4, 0.5) is 0 Å². The molecule has 138 valence electrons. The first-order valence-electron chi connectivity index (χ1n) is 9.87. The number of hydrogen-bond donors (Lipinski definition) is 2. The Morgan fingerprint density at radius 2 is 1.89 bits per heavy atom. The zero-order valence-corrected chi connectivity index (χ0v) is 15.9. The molecule has 4 saturated carbocycles. The maximum atomic E-state index is 12.4. The second-order valence-corrected chi connectivity index (χ2v) is 9.73. The molecule has 5 nitrogen and oxygen atoms in total. The molecule has 1 aliphatic heterocycles. The maximum absolute atomic E-state index is 12.4. The third-order valence-corrected chi connectivity index (χ3v) is 7.59. The molecule has 1 amide bonds. The number of hydrogen-bond acceptors (Lipinski definition) is 5. The third kappa shape index (κ3) is 2.69. The molecule has 0 atom stereocenters. The zero-order valence-electron chi connectivity index (χ0n) is 15.1. The molecule has 4 bridgehead atoms. The highest BCUT2D eigenvalue weighted by atomic mass is 32.1. The van der Waals surface area contributed by atoms with Gasteiger partial charge in [0, 0.05) is 5.54 Å². The first kappa shape index (κ1) is 15.8. The lowest BCUT2D eigenvalue weighted by Crippen LogP contribution is -2.61. The summed E-state index contributed by atoms with van der Waals surface area (Å²) in [4.78, 5) is 21.4. The van der Waals surface area contributed by atoms with Crippen LogP contribution in [0.3, 0.4) is 0 Å². The molecular weight excluding hydrogens is 356 g/mol. The molecule has 6 heteroatoms. The molecular formula is C21H22N4OS. The number of rotatable bonds is 2. The number of aliphatic imine (C=N–C) groups is 1. The first-order chi connectivity index (χ1) is 13.1. The van der Waals surface area contributed by atoms with Crippen LogP contribution in [0, 0.1) is 17.8 Å². The summed E-state index contributed by atoms with van der Waals surface area (Å²) in [5.41, 5.74) is 4.38. The van der Waals surface area contributed by atoms with Crippen molar-refractivity contribution in [2.45, 2.75) is 44.1 Å². The highest BCUT2D eigenvalue weighted by molar-refractivity contribution is 7.16. The van der Waals surface area contributed by atoms with E-state index in [1.54, 1.807) is 11.3 Å². The predicted molar refractivity (Wildman–Crippen MR) is 107 cm³/mol. The fraction of sp³-hybridized carbons (Fsp3) is 0.476. The number of guanidine groups is 1. The Labute approximate surface area is 162 Å². The van der Waals surface area contributed by atoms with Gasteiger partial charge in [0.15, 0.2) is 0 Å². The summed E-state index contributed by atoms with van der Waals surface area (Å²) in [6.45, 7) is 0. The topological polar surface area (TPSA) is 66.4 Å². The van der Waals surface area contributed by atoms with E-state index in [1.807, 2.05) is 29.8 Å². The summed E-state index contributed by atoms with van der Waals surface area (Å²) in [6.07, 6.45) is 9.76. The van der Waals surface area contributed by atoms with Gasteiger partial charge in [0.2, 0.25) is 5.96 Å². The third-order valence-electron chi connectivity index (χ3n) is 6.78. The molecule has 2 heterocycles. The Kier molecular flexibility index (Phi) is 3.30. The molecule has 2 aromatic rings. The van der Waals surface area contributed by atoms with Crippen LogP contribution in [0.2, 0.25) is 0 Å². The quantitative estimate of drug-likeness (QED) is 0.784. The first-order valence-corrected chi connectivity index (χ1v) is 10.8. The summed E-state index contributed by atoms with van der Waals surface area (Å²) in [5.74, 6) is 3.10. The summed E-state index contributed by atoms with van der Waals surface area (Å²) in [5, 5.41) is 6.61. The minimum Gasteiger partial charge on any atom is -0.350 e. The van der Waals surface area contributed by atoms with Gasteiger partial charge in [-0.2, -0.15) is 0 Å². The van der Waals surface area contributed by atoms with Gasteiger partial charge in [-0.15, -0.1) is 11.3 Å². The smallest absolute Gasteiger partial charge is 0.276 e. The monoisotopic (exact) mass is 378 g/mol. The predicted octanol–water partition coefficient (Wildman–Crippen LogP) is 3.68. The summed E-state index contributed by atoms with van der Waals surface area (Å²) in [7, 11) is 0. The second-order valence-electron chi connectivity index (χ2n) is 8.85. The fourth-order valence-corrected chi connectivity index (χ4v) is 6.82. The van der Waals surface area contributed by atoms with E-state index in [0.29, 0.717) is 11.7 Å². The van der Waals surface area contributed by atoms with E-state index >= 15 is 0 Å². The van der Waals surface area contributed by atoms with Crippen molar-refractivity contribution in [3.63, 3.8) is 0 Å². The van der Waals surface area contributed by atoms with E-state index in [-0.39, 0.29) is 11.4 Å². The van der Waals surface area contributed by atoms with Gasteiger partial charge >= 0.3 is 0 Å². The van der Waals surface area contributed by atoms with Gasteiger partial charge in [0.1, 0.15) is 5.70 Å². The van der Waals surface area contributed by atoms with Crippen LogP contribution >= 0.6 is 11.3 Å². The number of carbonyl (C=O) groups excluding carboxylic acids is 1. The van der Waals surface area contributed by atoms with Crippen LogP contribution < -0.4 is 10.6 Å². The van der Waals surface area contributed by atoms with Crippen LogP contribution in [-0.2, 0) is 4.79 Å². The number of benzene rings is 1. The van der Waals surface area contributed by atoms with Crippen LogP contribution in [-0.4, -0.2) is 22.4 Å². The van der Waals surface area contributed by atoms with Gasteiger partial charge in [0.25, 0.3) is 5.91 Å². The summed E-state index contributed by atoms with van der Waals surface area (Å²) in [6, 6.07) is 6.07. The van der Waals surface area contributed by atoms with Crippen molar-refractivity contribution in [2.24, 2.45) is 22.7 Å². The molecule has 1 aromatic carbocycles. The van der Waals surface area contributed by atoms with Gasteiger partial charge in [0.05, 0.1) is 15.7 Å². The van der Waals surface area contributed by atoms with E-state index < -0.39 is 0 Å². The molecule has 4 aliphatic carbocycles. The Morgan fingerprint density at radius 3 is 2.63 bits per heavy atom. The number of thiazole rings is 1. The lowest BCUT2D eigenvalue weighted by atomic mass is 9.53. The van der Waals surface area contributed by atoms with Crippen LogP contribution in [0.1, 0.15) is 44.1 Å². The van der Waals surface area contributed by atoms with Gasteiger partial charge in [-0.1, -0.05) is 6.07 Å². The highest BCUT2D eigenvalue weighted by Crippen LogP contribution is 2.55. The van der Waals surface area contributed by atoms with Crippen LogP contribution in [0.5, 0.6) is 0 Å². The van der Waals surface area contributed by atoms with Crippen molar-refractivity contribution < 1.29 is 4.79 Å². The van der Waals surface area contributed by atoms with Crippen molar-refractivity contribution in [2.75, 3.05) is 0 Å². The van der Waals surface area contributed by atoms with Crippen molar-refractivity contribution in [3.05, 3.63) is 35.0 Å². The summed E-state index contributed by atoms with van der Waals surface area (Å²) < 4.78 is 1.15. The number of aromatic nitrogens is 1. The van der Waals surface area contributed by atoms with E-state index in [1.165, 1.54) is 38.5 Å². The van der Waals surface area contributed by atoms with E-state index in [2.05, 4.69) is 20.6 Å². The lowest BCUT2D eigenvalue weighted by Gasteiger charge is -2.57. The Bertz CT molecular complexity index is 969. The largest absolute Gasteiger partial charge is 0.350 e. The standard InChI is InChI=1S/C21H22N4OS/c26-19-17(7-12-1-2-18-16(6-12)22-11-27-18)23-20(24-19)25-21-8-13-3-14(9-21)5-15(4-13)10-21/h1-2,6-7,11,13-15H,3-5,8-10H2,(H2,23,24,25,26)/b17-7-. The van der Waals surface area contributed by atoms with Crippen molar-refractivity contribution >= 4 is 39.5 Å². The molecule has 1 aromatic heterocycles. The Balaban J connectivity index is 1.26. The second kappa shape index (κ2) is 5.64. The number of fused-ring (bicyclic) bond motifs is 1. The van der Waals surface area contributed by atoms with Crippen LogP contribution in [0.15, 0.2) is 34.4 Å². The average Bonchev–Trinajstić information content (AvgIpc) is 3.19. The lowest BCUT2D eigenvalue weighted by molar-refractivity contribution is -0.115. The minimum absolute atomic E-state index is 0.124. The van der Waals surface area contributed by atoms with Gasteiger partial charge in [-0.05, 0) is 80.1 Å². The van der Waals surface area contributed by atoms with Crippen molar-refractivity contribution in [1.82, 2.24) is 15.6 Å². The van der Waals surface area contributed by atoms with E-state index in [9.17, 15) is 4.79 Å². The summed E-state index contributed by atoms with van der Waals surface area (Å²) >= 11 is 1.62. The van der Waals surface area contributed by atoms with Crippen LogP contribution in [0.25, 0.3) is 16.3 Å². The maximum Gasteiger partial charge on any atom is 0.276 e. The Hall–Kier alpha value is -2.21. The molecule has 5 aliphatic rings. The van der Waals surface area contributed by atoms with Gasteiger partial charge < -0.3 is 5.32 Å². The number of nitrogens with one attached hydrogen (secondary N) is 2. The number of amides is 1. The molecule has 7 rings (SSSR count). The van der Waals surface area contributed by atoms with E-state index in [0.717, 1.165) is 33.5 Å². The molecule has 27 heavy (non-hydrogen) atoms. The minimum atomic E-state index is -0.124. The van der Waals surface area contributed by atoms with Gasteiger partial charge in [-0.3, -0.25) is 10.1 Å². The molecule has 2 N–H and O–H groups in total. The fourth-order valence-electron chi connectivity index (χ4n) is 6.17. The van der Waals surface area contributed by atoms with E-state index in [4.69, 9.17) is 0 Å². The van der Waals surface area contributed by atoms with Gasteiger partial charge in [-0.25, -0.2) is 9.98 Å². The Morgan fingerprint density at radius 1 is 1.15 bits per heavy atom. The normalized spacial score (nSPS) is 35.7. The van der Waals surface area contributed by atoms with Crippen molar-refractivity contribution in [1.29, 1.82) is 0 Å². The average molecular weight is 379 g/mol. The molecule has 0 saturated heterocycles.